The molecule has 2 aromatic heterocycles. The molecule has 3 aromatic rings. The molecule has 0 unspecified atom stereocenters. The first-order valence-electron chi connectivity index (χ1n) is 11.0. The number of pyridine rings is 1. The van der Waals surface area contributed by atoms with E-state index in [0.29, 0.717) is 5.92 Å². The van der Waals surface area contributed by atoms with Gasteiger partial charge in [-0.15, -0.1) is 0 Å². The summed E-state index contributed by atoms with van der Waals surface area (Å²) in [6.07, 6.45) is 11.4. The number of nitrogens with zero attached hydrogens (tertiary/aromatic N) is 4. The molecule has 0 radical (unpaired) electrons. The van der Waals surface area contributed by atoms with Crippen LogP contribution in [0.1, 0.15) is 60.7 Å². The van der Waals surface area contributed by atoms with E-state index < -0.39 is 0 Å². The van der Waals surface area contributed by atoms with E-state index in [0.717, 1.165) is 43.1 Å². The summed E-state index contributed by atoms with van der Waals surface area (Å²) in [5.41, 5.74) is 5.49. The first kappa shape index (κ1) is 19.3. The van der Waals surface area contributed by atoms with Gasteiger partial charge in [-0.3, -0.25) is 9.88 Å². The Bertz CT molecular complexity index is 995. The first-order valence-corrected chi connectivity index (χ1v) is 11.0. The van der Waals surface area contributed by atoms with Crippen LogP contribution >= 0.6 is 0 Å². The van der Waals surface area contributed by atoms with Crippen molar-refractivity contribution in [3.05, 3.63) is 77.3 Å². The van der Waals surface area contributed by atoms with Crippen LogP contribution in [0.2, 0.25) is 0 Å². The van der Waals surface area contributed by atoms with Crippen LogP contribution in [0.3, 0.4) is 0 Å². The van der Waals surface area contributed by atoms with Crippen LogP contribution in [0.25, 0.3) is 11.3 Å². The zero-order valence-corrected chi connectivity index (χ0v) is 17.2. The first-order chi connectivity index (χ1) is 14.7. The molecule has 2 aliphatic rings. The molecule has 1 aliphatic heterocycles. The summed E-state index contributed by atoms with van der Waals surface area (Å²) in [5, 5.41) is 0. The van der Waals surface area contributed by atoms with Gasteiger partial charge < -0.3 is 0 Å². The van der Waals surface area contributed by atoms with Crippen molar-refractivity contribution in [2.24, 2.45) is 0 Å². The third-order valence-corrected chi connectivity index (χ3v) is 6.37. The van der Waals surface area contributed by atoms with Crippen molar-refractivity contribution in [3.63, 3.8) is 0 Å². The van der Waals surface area contributed by atoms with Crippen LogP contribution in [0.5, 0.6) is 0 Å². The van der Waals surface area contributed by atoms with Gasteiger partial charge in [0.25, 0.3) is 0 Å². The summed E-state index contributed by atoms with van der Waals surface area (Å²) in [6, 6.07) is 10.6. The lowest BCUT2D eigenvalue weighted by Crippen LogP contribution is -2.31. The summed E-state index contributed by atoms with van der Waals surface area (Å²) in [7, 11) is 0. The highest BCUT2D eigenvalue weighted by atomic mass is 19.1. The zero-order chi connectivity index (χ0) is 20.3. The molecule has 0 bridgehead atoms. The third-order valence-electron chi connectivity index (χ3n) is 6.37. The minimum absolute atomic E-state index is 0.226. The van der Waals surface area contributed by atoms with Gasteiger partial charge in [0.1, 0.15) is 11.6 Å². The summed E-state index contributed by atoms with van der Waals surface area (Å²) in [5.74, 6) is 1.41. The molecular weight excluding hydrogens is 375 g/mol. The van der Waals surface area contributed by atoms with E-state index in [1.54, 1.807) is 12.1 Å². The van der Waals surface area contributed by atoms with Gasteiger partial charge in [-0.05, 0) is 48.7 Å². The summed E-state index contributed by atoms with van der Waals surface area (Å²) in [4.78, 5) is 16.7. The van der Waals surface area contributed by atoms with Gasteiger partial charge in [0.15, 0.2) is 0 Å². The Labute approximate surface area is 177 Å². The van der Waals surface area contributed by atoms with Crippen molar-refractivity contribution < 1.29 is 4.39 Å². The normalized spacial score (nSPS) is 17.6. The topological polar surface area (TPSA) is 41.9 Å². The van der Waals surface area contributed by atoms with Crippen LogP contribution in [-0.4, -0.2) is 26.4 Å². The van der Waals surface area contributed by atoms with Gasteiger partial charge in [0, 0.05) is 61.2 Å². The SMILES string of the molecule is Fc1ccc(-c2ccc(CN3CCc4nc(C5CCCCC5)ncc4C3)cn2)cc1. The molecule has 0 saturated heterocycles. The van der Waals surface area contributed by atoms with E-state index in [2.05, 4.69) is 22.1 Å². The molecular formula is C25H27FN4. The van der Waals surface area contributed by atoms with Crippen molar-refractivity contribution in [1.29, 1.82) is 0 Å². The lowest BCUT2D eigenvalue weighted by Gasteiger charge is -2.29. The lowest BCUT2D eigenvalue weighted by molar-refractivity contribution is 0.242. The number of halogens is 1. The molecule has 1 aromatic carbocycles. The number of benzene rings is 1. The second kappa shape index (κ2) is 8.60. The third kappa shape index (κ3) is 4.26. The predicted molar refractivity (Wildman–Crippen MR) is 115 cm³/mol. The number of hydrogen-bond donors (Lipinski definition) is 0. The Balaban J connectivity index is 1.23. The molecule has 1 saturated carbocycles. The average molecular weight is 403 g/mol. The molecule has 5 heteroatoms. The van der Waals surface area contributed by atoms with Gasteiger partial charge >= 0.3 is 0 Å². The average Bonchev–Trinajstić information content (AvgIpc) is 2.80. The van der Waals surface area contributed by atoms with Crippen molar-refractivity contribution in [3.8, 4) is 11.3 Å². The van der Waals surface area contributed by atoms with Gasteiger partial charge in [0.2, 0.25) is 0 Å². The fraction of sp³-hybridized carbons (Fsp3) is 0.400. The van der Waals surface area contributed by atoms with Gasteiger partial charge in [-0.1, -0.05) is 25.3 Å². The molecule has 30 heavy (non-hydrogen) atoms. The summed E-state index contributed by atoms with van der Waals surface area (Å²) < 4.78 is 13.1. The van der Waals surface area contributed by atoms with Crippen molar-refractivity contribution in [1.82, 2.24) is 19.9 Å². The number of aromatic nitrogens is 3. The second-order valence-corrected chi connectivity index (χ2v) is 8.55. The largest absolute Gasteiger partial charge is 0.294 e. The molecule has 154 valence electrons. The molecule has 4 nitrogen and oxygen atoms in total. The number of rotatable bonds is 4. The Morgan fingerprint density at radius 2 is 1.77 bits per heavy atom. The van der Waals surface area contributed by atoms with Crippen LogP contribution in [-0.2, 0) is 19.5 Å². The molecule has 5 rings (SSSR count). The molecule has 0 amide bonds. The van der Waals surface area contributed by atoms with Crippen molar-refractivity contribution in [2.75, 3.05) is 6.54 Å². The highest BCUT2D eigenvalue weighted by Gasteiger charge is 2.22. The zero-order valence-electron chi connectivity index (χ0n) is 17.2. The minimum atomic E-state index is -0.226. The van der Waals surface area contributed by atoms with Crippen LogP contribution in [0.15, 0.2) is 48.8 Å². The maximum absolute atomic E-state index is 13.1. The lowest BCUT2D eigenvalue weighted by atomic mass is 9.88. The van der Waals surface area contributed by atoms with Gasteiger partial charge in [-0.25, -0.2) is 14.4 Å². The Hall–Kier alpha value is -2.66. The van der Waals surface area contributed by atoms with Crippen LogP contribution in [0, 0.1) is 5.82 Å². The van der Waals surface area contributed by atoms with E-state index in [-0.39, 0.29) is 5.82 Å². The fourth-order valence-corrected chi connectivity index (χ4v) is 4.65. The molecule has 1 fully saturated rings. The van der Waals surface area contributed by atoms with Crippen LogP contribution < -0.4 is 0 Å². The highest BCUT2D eigenvalue weighted by Crippen LogP contribution is 2.31. The maximum atomic E-state index is 13.1. The fourth-order valence-electron chi connectivity index (χ4n) is 4.65. The van der Waals surface area contributed by atoms with E-state index >= 15 is 0 Å². The van der Waals surface area contributed by atoms with Crippen molar-refractivity contribution >= 4 is 0 Å². The monoisotopic (exact) mass is 402 g/mol. The Morgan fingerprint density at radius 1 is 0.933 bits per heavy atom. The van der Waals surface area contributed by atoms with E-state index in [1.165, 1.54) is 61.1 Å². The smallest absolute Gasteiger partial charge is 0.131 e. The van der Waals surface area contributed by atoms with Crippen molar-refractivity contribution in [2.45, 2.75) is 57.5 Å². The standard InChI is InChI=1S/C25H27FN4/c26-22-9-7-19(8-10-22)23-11-6-18(14-27-23)16-30-13-12-24-21(17-30)15-28-25(29-24)20-4-2-1-3-5-20/h6-11,14-15,20H,1-5,12-13,16-17H2. The summed E-state index contributed by atoms with van der Waals surface area (Å²) >= 11 is 0. The molecule has 3 heterocycles. The molecule has 0 N–H and O–H groups in total. The molecule has 0 atom stereocenters. The van der Waals surface area contributed by atoms with E-state index in [9.17, 15) is 4.39 Å². The number of fused-ring (bicyclic) bond motifs is 1. The Morgan fingerprint density at radius 3 is 2.53 bits per heavy atom. The van der Waals surface area contributed by atoms with E-state index in [4.69, 9.17) is 9.97 Å². The predicted octanol–water partition coefficient (Wildman–Crippen LogP) is 5.28. The molecule has 1 aliphatic carbocycles. The minimum Gasteiger partial charge on any atom is -0.294 e. The maximum Gasteiger partial charge on any atom is 0.131 e. The summed E-state index contributed by atoms with van der Waals surface area (Å²) in [6.45, 7) is 2.76. The van der Waals surface area contributed by atoms with Gasteiger partial charge in [0.05, 0.1) is 5.69 Å². The van der Waals surface area contributed by atoms with Gasteiger partial charge in [-0.2, -0.15) is 0 Å². The Kier molecular flexibility index (Phi) is 5.54. The van der Waals surface area contributed by atoms with E-state index in [1.807, 2.05) is 12.3 Å². The quantitative estimate of drug-likeness (QED) is 0.595. The van der Waals surface area contributed by atoms with Crippen LogP contribution in [0.4, 0.5) is 4.39 Å². The number of hydrogen-bond acceptors (Lipinski definition) is 4. The molecule has 0 spiro atoms. The second-order valence-electron chi connectivity index (χ2n) is 8.55. The highest BCUT2D eigenvalue weighted by molar-refractivity contribution is 5.58.